The Hall–Kier alpha value is -4.37. The maximum Gasteiger partial charge on any atom is 0.324 e. The van der Waals surface area contributed by atoms with Crippen LogP contribution in [0.5, 0.6) is 5.75 Å². The molecule has 0 aliphatic carbocycles. The number of hydrazine groups is 1. The number of benzene rings is 3. The van der Waals surface area contributed by atoms with Crippen molar-refractivity contribution in [2.24, 2.45) is 17.3 Å². The van der Waals surface area contributed by atoms with Gasteiger partial charge in [0.2, 0.25) is 17.7 Å². The molecule has 3 aromatic carbocycles. The number of nitrogens with zero attached hydrogens (tertiary/aromatic N) is 5. The summed E-state index contributed by atoms with van der Waals surface area (Å²) in [6, 6.07) is 17.2. The summed E-state index contributed by atoms with van der Waals surface area (Å²) in [4.78, 5) is 75.9. The number of aromatic nitrogens is 1. The summed E-state index contributed by atoms with van der Waals surface area (Å²) < 4.78 is 14.0. The zero-order valence-corrected chi connectivity index (χ0v) is 48.8. The molecule has 3 aliphatic rings. The number of ether oxygens (including phenoxy) is 2. The fraction of sp³-hybridized carbons (Fsp3) is 0.545. The fourth-order valence-corrected chi connectivity index (χ4v) is 10.7. The molecule has 410 valence electrons. The van der Waals surface area contributed by atoms with Gasteiger partial charge in [-0.05, 0) is 124 Å². The molecule has 4 aromatic rings. The van der Waals surface area contributed by atoms with Crippen molar-refractivity contribution in [1.29, 1.82) is 0 Å². The summed E-state index contributed by atoms with van der Waals surface area (Å²) in [7, 11) is 7.27. The minimum Gasteiger partial charge on any atom is -0.508 e. The maximum absolute atomic E-state index is 14.8. The van der Waals surface area contributed by atoms with Crippen LogP contribution in [-0.4, -0.2) is 145 Å². The first kappa shape index (κ1) is 63.9. The minimum absolute atomic E-state index is 0. The lowest BCUT2D eigenvalue weighted by molar-refractivity contribution is -0.155. The molecule has 6 bridgehead atoms. The van der Waals surface area contributed by atoms with Crippen molar-refractivity contribution in [2.75, 3.05) is 67.6 Å². The van der Waals surface area contributed by atoms with Gasteiger partial charge in [0.1, 0.15) is 23.9 Å². The van der Waals surface area contributed by atoms with E-state index in [2.05, 4.69) is 78.5 Å². The first-order valence-electron chi connectivity index (χ1n) is 25.2. The average Bonchev–Trinajstić information content (AvgIpc) is 3.94. The zero-order valence-electron chi connectivity index (χ0n) is 44.8. The van der Waals surface area contributed by atoms with Crippen molar-refractivity contribution >= 4 is 94.5 Å². The highest BCUT2D eigenvalue weighted by molar-refractivity contribution is 7.59. The number of fused-ring (bicyclic) bond motifs is 6. The van der Waals surface area contributed by atoms with Crippen molar-refractivity contribution in [2.45, 2.75) is 111 Å². The van der Waals surface area contributed by atoms with E-state index < -0.39 is 47.2 Å². The van der Waals surface area contributed by atoms with Gasteiger partial charge in [-0.1, -0.05) is 64.1 Å². The van der Waals surface area contributed by atoms with Crippen LogP contribution in [0.15, 0.2) is 60.7 Å². The Morgan fingerprint density at radius 3 is 2.38 bits per heavy atom. The van der Waals surface area contributed by atoms with E-state index in [0.717, 1.165) is 58.2 Å². The highest BCUT2D eigenvalue weighted by atomic mass is 32.1. The molecule has 2 fully saturated rings. The number of cyclic esters (lactones) is 1. The Labute approximate surface area is 466 Å². The van der Waals surface area contributed by atoms with Crippen molar-refractivity contribution in [3.05, 3.63) is 77.4 Å². The van der Waals surface area contributed by atoms with Crippen LogP contribution in [0.4, 0.5) is 0 Å². The molecule has 74 heavy (non-hydrogen) atoms. The van der Waals surface area contributed by atoms with Gasteiger partial charge in [-0.15, -0.1) is 0 Å². The second kappa shape index (κ2) is 28.1. The SMILES string of the molecule is CCn1c(-c2ccccc2CCOC)c2c3cc(ccc31)-c1cc(O)cc(c1)C[C@H](NC(=O)[C@H](C(C)C)N(C)C(=O)[C@H]1CCN(C(=O)CCCN(C)C)C1)C(=O)N1CCC[C@H](N1)C(=O)OCC(C)(C)C2.S.S.S.S. The molecule has 4 amide bonds. The van der Waals surface area contributed by atoms with Gasteiger partial charge < -0.3 is 39.2 Å². The minimum atomic E-state index is -1.15. The van der Waals surface area contributed by atoms with Gasteiger partial charge in [-0.3, -0.25) is 29.0 Å². The molecular formula is C55H83N7O8S4. The van der Waals surface area contributed by atoms with E-state index in [9.17, 15) is 29.1 Å². The van der Waals surface area contributed by atoms with E-state index in [4.69, 9.17) is 9.47 Å². The Balaban J connectivity index is 0.00000361. The third-order valence-electron chi connectivity index (χ3n) is 14.2. The van der Waals surface area contributed by atoms with Gasteiger partial charge in [0.15, 0.2) is 0 Å². The Morgan fingerprint density at radius 1 is 0.959 bits per heavy atom. The smallest absolute Gasteiger partial charge is 0.324 e. The molecule has 3 aliphatic heterocycles. The van der Waals surface area contributed by atoms with E-state index in [1.807, 2.05) is 38.9 Å². The lowest BCUT2D eigenvalue weighted by Gasteiger charge is -2.37. The lowest BCUT2D eigenvalue weighted by atomic mass is 9.83. The number of methoxy groups -OCH3 is 1. The zero-order chi connectivity index (χ0) is 50.4. The molecule has 0 unspecified atom stereocenters. The number of phenolic OH excluding ortho intramolecular Hbond substituents is 1. The predicted octanol–water partition coefficient (Wildman–Crippen LogP) is 6.66. The summed E-state index contributed by atoms with van der Waals surface area (Å²) in [5, 5.41) is 16.9. The molecule has 15 nitrogen and oxygen atoms in total. The van der Waals surface area contributed by atoms with Gasteiger partial charge in [0.25, 0.3) is 5.91 Å². The van der Waals surface area contributed by atoms with Gasteiger partial charge in [0, 0.05) is 75.1 Å². The normalized spacial score (nSPS) is 19.0. The van der Waals surface area contributed by atoms with E-state index in [1.54, 1.807) is 31.2 Å². The number of amides is 4. The number of esters is 1. The quantitative estimate of drug-likeness (QED) is 0.116. The maximum atomic E-state index is 14.8. The van der Waals surface area contributed by atoms with Crippen LogP contribution in [-0.2, 0) is 59.3 Å². The van der Waals surface area contributed by atoms with Crippen LogP contribution < -0.4 is 10.7 Å². The van der Waals surface area contributed by atoms with Crippen molar-refractivity contribution in [3.8, 4) is 28.1 Å². The number of phenols is 1. The van der Waals surface area contributed by atoms with Crippen LogP contribution in [0, 0.1) is 17.3 Å². The van der Waals surface area contributed by atoms with E-state index in [-0.39, 0.29) is 97.0 Å². The molecule has 3 N–H and O–H groups in total. The number of hydrogen-bond acceptors (Lipinski definition) is 10. The van der Waals surface area contributed by atoms with Crippen LogP contribution in [0.1, 0.15) is 83.4 Å². The summed E-state index contributed by atoms with van der Waals surface area (Å²) in [5.74, 6) is -2.43. The number of carbonyl (C=O) groups is 5. The largest absolute Gasteiger partial charge is 0.508 e. The van der Waals surface area contributed by atoms with Crippen LogP contribution >= 0.6 is 54.0 Å². The van der Waals surface area contributed by atoms with Gasteiger partial charge in [-0.25, -0.2) is 5.43 Å². The number of carbonyl (C=O) groups excluding carboxylic acids is 5. The van der Waals surface area contributed by atoms with Crippen LogP contribution in [0.3, 0.4) is 0 Å². The Morgan fingerprint density at radius 2 is 1.69 bits per heavy atom. The number of aryl methyl sites for hydroxylation is 1. The van der Waals surface area contributed by atoms with E-state index in [0.29, 0.717) is 63.9 Å². The first-order valence-corrected chi connectivity index (χ1v) is 25.2. The molecule has 7 rings (SSSR count). The molecule has 19 heteroatoms. The molecule has 1 aromatic heterocycles. The average molecular weight is 1100 g/mol. The van der Waals surface area contributed by atoms with Gasteiger partial charge in [0.05, 0.1) is 24.8 Å². The summed E-state index contributed by atoms with van der Waals surface area (Å²) in [5.41, 5.74) is 10.4. The van der Waals surface area contributed by atoms with Crippen LogP contribution in [0.25, 0.3) is 33.3 Å². The molecular weight excluding hydrogens is 1010 g/mol. The van der Waals surface area contributed by atoms with Crippen molar-refractivity contribution in [1.82, 2.24) is 35.0 Å². The highest BCUT2D eigenvalue weighted by Gasteiger charge is 2.40. The third kappa shape index (κ3) is 15.0. The first-order chi connectivity index (χ1) is 33.4. The van der Waals surface area contributed by atoms with Crippen molar-refractivity contribution in [3.63, 3.8) is 0 Å². The standard InChI is InChI=1S/C55H75N7O8.4H2S/c1-10-61-47-20-19-38-31-43(47)44(50(61)42-16-12-11-15-37(42)22-26-69-9)32-55(4,5)34-70-54(68)45-17-13-24-62(57-45)53(67)46(29-36-27-40(38)30-41(63)28-36)56-51(65)49(35(2)3)59(8)52(66)39-21-25-60(33-39)48(64)18-14-23-58(6)7;;;;/h11-12,15-16,19-20,27-28,30-31,35,39,45-46,49,57,63H,10,13-14,17-18,21-26,29,32-34H2,1-9H3,(H,56,65);4*1H2/t39-,45-,46-,49-;;;;/m0..../s1. The summed E-state index contributed by atoms with van der Waals surface area (Å²) >= 11 is 0. The van der Waals surface area contributed by atoms with Gasteiger partial charge >= 0.3 is 5.97 Å². The monoisotopic (exact) mass is 1100 g/mol. The predicted molar refractivity (Wildman–Crippen MR) is 313 cm³/mol. The molecule has 4 atom stereocenters. The molecule has 0 radical (unpaired) electrons. The Bertz CT molecular complexity index is 2570. The topological polar surface area (TPSA) is 166 Å². The number of likely N-dealkylation sites (tertiary alicyclic amines) is 1. The molecule has 2 saturated heterocycles. The number of rotatable bonds is 14. The van der Waals surface area contributed by atoms with Crippen molar-refractivity contribution < 1.29 is 38.6 Å². The van der Waals surface area contributed by atoms with E-state index in [1.165, 1.54) is 15.5 Å². The number of aromatic hydroxyl groups is 1. The Kier molecular flexibility index (Phi) is 24.3. The second-order valence-electron chi connectivity index (χ2n) is 21.0. The van der Waals surface area contributed by atoms with Crippen LogP contribution in [0.2, 0.25) is 0 Å². The lowest BCUT2D eigenvalue weighted by Crippen LogP contribution is -2.62. The van der Waals surface area contributed by atoms with E-state index >= 15 is 0 Å². The molecule has 0 spiro atoms. The third-order valence-corrected chi connectivity index (χ3v) is 14.2. The molecule has 0 saturated carbocycles. The van der Waals surface area contributed by atoms with Gasteiger partial charge in [-0.2, -0.15) is 54.0 Å². The number of hydrogen-bond donors (Lipinski definition) is 3. The molecule has 4 heterocycles. The highest BCUT2D eigenvalue weighted by Crippen LogP contribution is 2.42. The summed E-state index contributed by atoms with van der Waals surface area (Å²) in [6.45, 7) is 13.3. The fourth-order valence-electron chi connectivity index (χ4n) is 10.7. The number of nitrogens with one attached hydrogen (secondary N) is 2. The number of likely N-dealkylation sites (N-methyl/N-ethyl adjacent to an activating group) is 1. The second-order valence-corrected chi connectivity index (χ2v) is 21.0. The summed E-state index contributed by atoms with van der Waals surface area (Å²) in [6.07, 6.45) is 3.93.